The molecule has 42 heavy (non-hydrogen) atoms. The van der Waals surface area contributed by atoms with Gasteiger partial charge in [-0.3, -0.25) is 0 Å². The Balaban J connectivity index is -0.000000108. The van der Waals surface area contributed by atoms with Gasteiger partial charge in [-0.1, -0.05) is 72.8 Å². The molecule has 0 atom stereocenters. The van der Waals surface area contributed by atoms with Crippen LogP contribution in [0.2, 0.25) is 0 Å². The Kier molecular flexibility index (Phi) is 33.5. The van der Waals surface area contributed by atoms with Crippen molar-refractivity contribution >= 4 is 35.8 Å². The molecule has 0 aliphatic heterocycles. The molecule has 3 aromatic rings. The summed E-state index contributed by atoms with van der Waals surface area (Å²) in [6.07, 6.45) is 0. The monoisotopic (exact) mass is 534 g/mol. The smallest absolute Gasteiger partial charge is 0.545 e. The maximum atomic E-state index is 10.3. The van der Waals surface area contributed by atoms with Crippen LogP contribution < -0.4 is 144 Å². The minimum Gasteiger partial charge on any atom is -0.545 e. The fourth-order valence-corrected chi connectivity index (χ4v) is 2.52. The molecule has 0 spiro atoms. The van der Waals surface area contributed by atoms with Gasteiger partial charge in [0.25, 0.3) is 0 Å². The standard InChI is InChI=1S/3C8H6O4.6Li/c3*9-7(10)5-3-1-2-4-6(5)8(11)12;;;;;;/h3*1-4H,(H,9,10)(H,11,12);;;;;;/q;;;6*+1/p-6. The van der Waals surface area contributed by atoms with Crippen molar-refractivity contribution in [3.8, 4) is 0 Å². The fraction of sp³-hybridized carbons (Fsp3) is 0. The number of rotatable bonds is 6. The molecule has 0 bridgehead atoms. The predicted molar refractivity (Wildman–Crippen MR) is 105 cm³/mol. The first-order valence-electron chi connectivity index (χ1n) is 9.43. The molecule has 0 unspecified atom stereocenters. The van der Waals surface area contributed by atoms with E-state index < -0.39 is 35.8 Å². The second-order valence-electron chi connectivity index (χ2n) is 6.36. The van der Waals surface area contributed by atoms with E-state index in [9.17, 15) is 59.4 Å². The minimum atomic E-state index is -1.52. The van der Waals surface area contributed by atoms with Gasteiger partial charge in [0.2, 0.25) is 0 Å². The molecule has 18 heteroatoms. The molecule has 0 fully saturated rings. The van der Waals surface area contributed by atoms with E-state index in [2.05, 4.69) is 0 Å². The van der Waals surface area contributed by atoms with Crippen molar-refractivity contribution in [2.75, 3.05) is 0 Å². The van der Waals surface area contributed by atoms with E-state index in [0.29, 0.717) is 0 Å². The van der Waals surface area contributed by atoms with E-state index in [-0.39, 0.29) is 147 Å². The zero-order valence-electron chi connectivity index (χ0n) is 23.8. The summed E-state index contributed by atoms with van der Waals surface area (Å²) in [5, 5.41) is 61.9. The number of hydrogen-bond acceptors (Lipinski definition) is 12. The Labute approximate surface area is 311 Å². The average molecular weight is 534 g/mol. The SMILES string of the molecule is O=C([O-])c1ccccc1C(=O)[O-].O=C([O-])c1ccccc1C(=O)[O-].O=C([O-])c1ccccc1C(=O)[O-].[Li+].[Li+].[Li+].[Li+].[Li+].[Li+]. The van der Waals surface area contributed by atoms with Crippen LogP contribution in [0, 0.1) is 0 Å². The van der Waals surface area contributed by atoms with Crippen LogP contribution >= 0.6 is 0 Å². The van der Waals surface area contributed by atoms with Gasteiger partial charge in [-0.05, 0) is 0 Å². The zero-order valence-corrected chi connectivity index (χ0v) is 23.8. The molecule has 3 aromatic carbocycles. The van der Waals surface area contributed by atoms with Crippen LogP contribution in [-0.2, 0) is 0 Å². The van der Waals surface area contributed by atoms with E-state index in [1.54, 1.807) is 0 Å². The number of carboxylic acids is 6. The number of hydrogen-bond donors (Lipinski definition) is 0. The van der Waals surface area contributed by atoms with Crippen molar-refractivity contribution in [2.45, 2.75) is 0 Å². The van der Waals surface area contributed by atoms with Gasteiger partial charge in [0.15, 0.2) is 0 Å². The normalized spacial score (nSPS) is 8.00. The molecule has 0 amide bonds. The summed E-state index contributed by atoms with van der Waals surface area (Å²) in [4.78, 5) is 61.9. The molecule has 0 aliphatic carbocycles. The number of carbonyl (C=O) groups is 6. The molecule has 186 valence electrons. The first kappa shape index (κ1) is 52.7. The van der Waals surface area contributed by atoms with E-state index in [0.717, 1.165) is 36.4 Å². The third-order valence-electron chi connectivity index (χ3n) is 4.10. The van der Waals surface area contributed by atoms with Crippen molar-refractivity contribution in [1.82, 2.24) is 0 Å². The predicted octanol–water partition coefficient (Wildman–Crippen LogP) is -22.7. The van der Waals surface area contributed by atoms with Crippen LogP contribution in [0.25, 0.3) is 0 Å². The van der Waals surface area contributed by atoms with Gasteiger partial charge in [0, 0.05) is 33.4 Å². The second kappa shape index (κ2) is 26.7. The summed E-state index contributed by atoms with van der Waals surface area (Å²) < 4.78 is 0. The third kappa shape index (κ3) is 17.2. The van der Waals surface area contributed by atoms with Crippen LogP contribution in [0.15, 0.2) is 72.8 Å². The van der Waals surface area contributed by atoms with E-state index in [1.807, 2.05) is 0 Å². The number of carbonyl (C=O) groups excluding carboxylic acids is 6. The van der Waals surface area contributed by atoms with Gasteiger partial charge in [0.05, 0.1) is 35.8 Å². The minimum absolute atomic E-state index is 0. The van der Waals surface area contributed by atoms with E-state index in [1.165, 1.54) is 36.4 Å². The summed E-state index contributed by atoms with van der Waals surface area (Å²) in [7, 11) is 0. The van der Waals surface area contributed by atoms with Gasteiger partial charge >= 0.3 is 113 Å². The Hall–Kier alpha value is -1.94. The van der Waals surface area contributed by atoms with Crippen molar-refractivity contribution in [2.24, 2.45) is 0 Å². The van der Waals surface area contributed by atoms with Crippen molar-refractivity contribution < 1.29 is 173 Å². The van der Waals surface area contributed by atoms with Gasteiger partial charge in [-0.25, -0.2) is 0 Å². The summed E-state index contributed by atoms with van der Waals surface area (Å²) in [5.74, 6) is -9.11. The molecule has 0 aromatic heterocycles. The maximum absolute atomic E-state index is 10.3. The maximum Gasteiger partial charge on any atom is 1.00 e. The largest absolute Gasteiger partial charge is 1.00 e. The molecule has 12 nitrogen and oxygen atoms in total. The molecular formula is C24H12Li6O12. The molecule has 0 N–H and O–H groups in total. The Bertz CT molecular complexity index is 1080. The fourth-order valence-electron chi connectivity index (χ4n) is 2.52. The summed E-state index contributed by atoms with van der Waals surface area (Å²) >= 11 is 0. The molecule has 0 saturated heterocycles. The Morgan fingerprint density at radius 1 is 0.286 bits per heavy atom. The quantitative estimate of drug-likeness (QED) is 0.268. The number of benzene rings is 3. The van der Waals surface area contributed by atoms with Crippen molar-refractivity contribution in [3.63, 3.8) is 0 Å². The van der Waals surface area contributed by atoms with Crippen LogP contribution in [0.1, 0.15) is 62.1 Å². The molecule has 3 rings (SSSR count). The van der Waals surface area contributed by atoms with Crippen LogP contribution in [-0.4, -0.2) is 35.8 Å². The molecular weight excluding hydrogens is 522 g/mol. The Morgan fingerprint density at radius 2 is 0.381 bits per heavy atom. The van der Waals surface area contributed by atoms with Crippen LogP contribution in [0.4, 0.5) is 0 Å². The summed E-state index contributed by atoms with van der Waals surface area (Å²) in [5.41, 5.74) is -2.18. The first-order chi connectivity index (χ1) is 16.9. The van der Waals surface area contributed by atoms with Gasteiger partial charge in [-0.15, -0.1) is 0 Å². The van der Waals surface area contributed by atoms with Gasteiger partial charge in [-0.2, -0.15) is 0 Å². The zero-order chi connectivity index (χ0) is 27.4. The average Bonchev–Trinajstić information content (AvgIpc) is 2.84. The van der Waals surface area contributed by atoms with E-state index >= 15 is 0 Å². The first-order valence-corrected chi connectivity index (χ1v) is 9.43. The van der Waals surface area contributed by atoms with Crippen molar-refractivity contribution in [1.29, 1.82) is 0 Å². The van der Waals surface area contributed by atoms with Crippen molar-refractivity contribution in [3.05, 3.63) is 106 Å². The molecule has 0 radical (unpaired) electrons. The molecule has 0 aliphatic rings. The second-order valence-corrected chi connectivity index (χ2v) is 6.36. The third-order valence-corrected chi connectivity index (χ3v) is 4.10. The molecule has 0 heterocycles. The molecule has 0 saturated carbocycles. The summed E-state index contributed by atoms with van der Waals surface area (Å²) in [6, 6.07) is 15.4. The number of carboxylic acid groups (broad SMARTS) is 6. The van der Waals surface area contributed by atoms with Crippen LogP contribution in [0.5, 0.6) is 0 Å². The van der Waals surface area contributed by atoms with E-state index in [4.69, 9.17) is 0 Å². The van der Waals surface area contributed by atoms with Gasteiger partial charge in [0.1, 0.15) is 0 Å². The van der Waals surface area contributed by atoms with Gasteiger partial charge < -0.3 is 59.4 Å². The van der Waals surface area contributed by atoms with Crippen LogP contribution in [0.3, 0.4) is 0 Å². The number of aromatic carboxylic acids is 6. The topological polar surface area (TPSA) is 241 Å². The Morgan fingerprint density at radius 3 is 0.452 bits per heavy atom. The summed E-state index contributed by atoms with van der Waals surface area (Å²) in [6.45, 7) is 0.